The Labute approximate surface area is 89.6 Å². The summed E-state index contributed by atoms with van der Waals surface area (Å²) in [5, 5.41) is 0. The van der Waals surface area contributed by atoms with E-state index in [1.54, 1.807) is 6.08 Å². The van der Waals surface area contributed by atoms with Crippen LogP contribution in [0, 0.1) is 0 Å². The first-order valence-electron chi connectivity index (χ1n) is 4.48. The number of allylic oxidation sites excluding steroid dienone is 4. The number of rotatable bonds is 1. The molecule has 4 heteroatoms. The van der Waals surface area contributed by atoms with Crippen molar-refractivity contribution in [3.63, 3.8) is 0 Å². The summed E-state index contributed by atoms with van der Waals surface area (Å²) < 4.78 is 38.5. The van der Waals surface area contributed by atoms with Crippen LogP contribution in [0.3, 0.4) is 0 Å². The molecule has 0 radical (unpaired) electrons. The molecule has 82 valence electrons. The molecule has 0 amide bonds. The molecule has 1 unspecified atom stereocenters. The fourth-order valence-corrected chi connectivity index (χ4v) is 7.38. The van der Waals surface area contributed by atoms with E-state index >= 15 is 0 Å². The van der Waals surface area contributed by atoms with Gasteiger partial charge in [-0.15, -0.1) is 0 Å². The van der Waals surface area contributed by atoms with Gasteiger partial charge in [-0.3, -0.25) is 0 Å². The fraction of sp³-hybridized carbons (Fsp3) is 0.600. The van der Waals surface area contributed by atoms with Gasteiger partial charge in [0.05, 0.1) is 0 Å². The maximum atomic E-state index is 12.6. The number of halogens is 4. The molecule has 1 rings (SSSR count). The molecule has 14 heavy (non-hydrogen) atoms. The Kier molecular flexibility index (Phi) is 3.66. The van der Waals surface area contributed by atoms with Gasteiger partial charge in [0.15, 0.2) is 0 Å². The van der Waals surface area contributed by atoms with Crippen LogP contribution < -0.4 is 0 Å². The molecule has 0 aromatic rings. The van der Waals surface area contributed by atoms with Crippen LogP contribution in [-0.4, -0.2) is 14.5 Å². The molecule has 0 nitrogen and oxygen atoms in total. The number of alkyl halides is 5. The third kappa shape index (κ3) is 2.32. The number of hydrogen-bond acceptors (Lipinski definition) is 0. The summed E-state index contributed by atoms with van der Waals surface area (Å²) in [7, 11) is 0. The van der Waals surface area contributed by atoms with Crippen molar-refractivity contribution in [2.24, 2.45) is 0 Å². The second-order valence-corrected chi connectivity index (χ2v) is 10.0. The molecule has 0 N–H and O–H groups in total. The van der Waals surface area contributed by atoms with Gasteiger partial charge in [-0.25, -0.2) is 0 Å². The van der Waals surface area contributed by atoms with Gasteiger partial charge in [-0.1, -0.05) is 0 Å². The van der Waals surface area contributed by atoms with E-state index in [2.05, 4.69) is 0 Å². The number of hydrogen-bond donors (Lipinski definition) is 0. The Morgan fingerprint density at radius 3 is 2.36 bits per heavy atom. The van der Waals surface area contributed by atoms with Crippen LogP contribution in [0.1, 0.15) is 20.8 Å². The monoisotopic (exact) mass is 318 g/mol. The van der Waals surface area contributed by atoms with Crippen LogP contribution in [0.25, 0.3) is 0 Å². The summed E-state index contributed by atoms with van der Waals surface area (Å²) in [6.45, 7) is 5.73. The Hall–Kier alpha value is 0. The standard InChI is InChI=1S/C10H14F3I/c1-4-14-8(3)7(2)5-6-9(14)10(11,12)13/h5-6,8H,4H2,1-3H3. The SMILES string of the molecule is CCI1C(C(F)(F)F)=CC=C(C)C1C. The Morgan fingerprint density at radius 1 is 1.36 bits per heavy atom. The average Bonchev–Trinajstić information content (AvgIpc) is 2.07. The van der Waals surface area contributed by atoms with Crippen molar-refractivity contribution in [2.45, 2.75) is 30.9 Å². The Bertz CT molecular complexity index is 276. The third-order valence-electron chi connectivity index (χ3n) is 2.34. The van der Waals surface area contributed by atoms with E-state index in [0.29, 0.717) is 4.43 Å². The normalized spacial score (nSPS) is 25.9. The molecule has 1 atom stereocenters. The van der Waals surface area contributed by atoms with Crippen molar-refractivity contribution >= 4 is 19.8 Å². The zero-order valence-electron chi connectivity index (χ0n) is 8.45. The molecule has 0 bridgehead atoms. The van der Waals surface area contributed by atoms with Crippen molar-refractivity contribution < 1.29 is 13.2 Å². The summed E-state index contributed by atoms with van der Waals surface area (Å²) in [6.07, 6.45) is -1.19. The van der Waals surface area contributed by atoms with Crippen molar-refractivity contribution in [1.82, 2.24) is 0 Å². The molecule has 0 aromatic heterocycles. The molecule has 0 fully saturated rings. The second-order valence-electron chi connectivity index (χ2n) is 3.20. The molecule has 1 heterocycles. The van der Waals surface area contributed by atoms with Crippen LogP contribution in [0.15, 0.2) is 21.3 Å². The summed E-state index contributed by atoms with van der Waals surface area (Å²) in [5.74, 6) is 0. The van der Waals surface area contributed by atoms with Crippen LogP contribution in [0.5, 0.6) is 0 Å². The van der Waals surface area contributed by atoms with Gasteiger partial charge in [0, 0.05) is 0 Å². The molecule has 0 saturated carbocycles. The van der Waals surface area contributed by atoms with E-state index in [-0.39, 0.29) is 7.50 Å². The molecule has 0 spiro atoms. The van der Waals surface area contributed by atoms with Crippen LogP contribution in [0.2, 0.25) is 0 Å². The van der Waals surface area contributed by atoms with E-state index in [0.717, 1.165) is 5.57 Å². The van der Waals surface area contributed by atoms with Gasteiger partial charge in [-0.05, 0) is 0 Å². The Morgan fingerprint density at radius 2 is 1.93 bits per heavy atom. The van der Waals surface area contributed by atoms with E-state index in [4.69, 9.17) is 0 Å². The van der Waals surface area contributed by atoms with Crippen LogP contribution >= 0.6 is 19.8 Å². The molecular formula is C10H14F3I. The predicted molar refractivity (Wildman–Crippen MR) is 61.9 cm³/mol. The van der Waals surface area contributed by atoms with Gasteiger partial charge in [0.1, 0.15) is 0 Å². The van der Waals surface area contributed by atoms with Gasteiger partial charge < -0.3 is 0 Å². The first kappa shape index (κ1) is 12.1. The molecule has 0 aromatic carbocycles. The first-order chi connectivity index (χ1) is 6.38. The van der Waals surface area contributed by atoms with E-state index in [1.807, 2.05) is 20.8 Å². The molecule has 0 saturated heterocycles. The fourth-order valence-electron chi connectivity index (χ4n) is 1.41. The van der Waals surface area contributed by atoms with Crippen LogP contribution in [0.4, 0.5) is 13.2 Å². The quantitative estimate of drug-likeness (QED) is 0.499. The minimum atomic E-state index is -4.10. The van der Waals surface area contributed by atoms with E-state index in [9.17, 15) is 13.2 Å². The molecule has 1 aliphatic rings. The van der Waals surface area contributed by atoms with Gasteiger partial charge in [0.2, 0.25) is 0 Å². The van der Waals surface area contributed by atoms with Crippen molar-refractivity contribution in [3.05, 3.63) is 21.3 Å². The van der Waals surface area contributed by atoms with Gasteiger partial charge >= 0.3 is 89.6 Å². The zero-order valence-corrected chi connectivity index (χ0v) is 10.6. The predicted octanol–water partition coefficient (Wildman–Crippen LogP) is 4.31. The van der Waals surface area contributed by atoms with E-state index in [1.165, 1.54) is 6.08 Å². The van der Waals surface area contributed by atoms with Gasteiger partial charge in [0.25, 0.3) is 0 Å². The molecule has 0 aliphatic carbocycles. The Balaban J connectivity index is 3.04. The van der Waals surface area contributed by atoms with Crippen molar-refractivity contribution in [3.8, 4) is 0 Å². The second kappa shape index (κ2) is 4.24. The van der Waals surface area contributed by atoms with Crippen LogP contribution in [-0.2, 0) is 0 Å². The van der Waals surface area contributed by atoms with Crippen molar-refractivity contribution in [1.29, 1.82) is 0 Å². The summed E-state index contributed by atoms with van der Waals surface area (Å²) >= 11 is -2.02. The average molecular weight is 318 g/mol. The molecular weight excluding hydrogens is 304 g/mol. The minimum absolute atomic E-state index is 0.158. The maximum absolute atomic E-state index is 12.6. The zero-order chi connectivity index (χ0) is 10.9. The topological polar surface area (TPSA) is 0 Å². The molecule has 1 aliphatic heterocycles. The van der Waals surface area contributed by atoms with Crippen molar-refractivity contribution in [2.75, 3.05) is 4.43 Å². The third-order valence-corrected chi connectivity index (χ3v) is 9.68. The summed E-state index contributed by atoms with van der Waals surface area (Å²) in [4.78, 5) is 0. The summed E-state index contributed by atoms with van der Waals surface area (Å²) in [5.41, 5.74) is 1.10. The summed E-state index contributed by atoms with van der Waals surface area (Å²) in [6, 6.07) is 0. The first-order valence-corrected chi connectivity index (χ1v) is 8.33. The van der Waals surface area contributed by atoms with Gasteiger partial charge in [-0.2, -0.15) is 0 Å². The van der Waals surface area contributed by atoms with E-state index < -0.39 is 26.0 Å².